The summed E-state index contributed by atoms with van der Waals surface area (Å²) in [5.41, 5.74) is 0. The molecule has 0 spiro atoms. The molecule has 1 aromatic rings. The summed E-state index contributed by atoms with van der Waals surface area (Å²) in [6.45, 7) is 2.18. The van der Waals surface area contributed by atoms with Crippen molar-refractivity contribution in [3.63, 3.8) is 0 Å². The molecule has 0 saturated carbocycles. The van der Waals surface area contributed by atoms with E-state index >= 15 is 0 Å². The molecule has 2 N–H and O–H groups in total. The van der Waals surface area contributed by atoms with Gasteiger partial charge < -0.3 is 15.3 Å². The predicted molar refractivity (Wildman–Crippen MR) is 75.6 cm³/mol. The van der Waals surface area contributed by atoms with Crippen molar-refractivity contribution in [2.45, 2.75) is 19.4 Å². The third-order valence-corrected chi connectivity index (χ3v) is 4.80. The highest BCUT2D eigenvalue weighted by Crippen LogP contribution is 2.20. The van der Waals surface area contributed by atoms with Gasteiger partial charge in [0.05, 0.1) is 6.54 Å². The number of amides is 2. The highest BCUT2D eigenvalue weighted by Gasteiger charge is 2.22. The van der Waals surface area contributed by atoms with Crippen molar-refractivity contribution in [1.82, 2.24) is 10.2 Å². The van der Waals surface area contributed by atoms with Gasteiger partial charge in [0.15, 0.2) is 0 Å². The zero-order valence-corrected chi connectivity index (χ0v) is 12.5. The van der Waals surface area contributed by atoms with Gasteiger partial charge in [0.1, 0.15) is 0 Å². The van der Waals surface area contributed by atoms with E-state index in [1.165, 1.54) is 0 Å². The molecular weight excluding hydrogens is 316 g/mol. The van der Waals surface area contributed by atoms with E-state index in [0.29, 0.717) is 13.1 Å². The van der Waals surface area contributed by atoms with E-state index in [9.17, 15) is 4.79 Å². The van der Waals surface area contributed by atoms with Gasteiger partial charge in [-0.05, 0) is 40.8 Å². The fourth-order valence-corrected chi connectivity index (χ4v) is 3.51. The Balaban J connectivity index is 1.80. The van der Waals surface area contributed by atoms with Gasteiger partial charge in [-0.25, -0.2) is 4.79 Å². The fourth-order valence-electron chi connectivity index (χ4n) is 2.12. The summed E-state index contributed by atoms with van der Waals surface area (Å²) >= 11 is 5.02. The SMILES string of the molecule is O=C(NCc1cc(Br)cs1)N1CCCC(CO)C1. The number of aliphatic hydroxyl groups is 1. The number of nitrogens with one attached hydrogen (secondary N) is 1. The molecule has 1 aliphatic rings. The monoisotopic (exact) mass is 332 g/mol. The van der Waals surface area contributed by atoms with Crippen molar-refractivity contribution in [2.24, 2.45) is 5.92 Å². The lowest BCUT2D eigenvalue weighted by molar-refractivity contribution is 0.129. The molecule has 1 saturated heterocycles. The number of thiophene rings is 1. The molecule has 0 aliphatic carbocycles. The van der Waals surface area contributed by atoms with Crippen molar-refractivity contribution in [1.29, 1.82) is 0 Å². The number of aliphatic hydroxyl groups excluding tert-OH is 1. The first kappa shape index (κ1) is 13.8. The molecule has 100 valence electrons. The van der Waals surface area contributed by atoms with Crippen LogP contribution in [0, 0.1) is 5.92 Å². The Kier molecular flexibility index (Phi) is 5.03. The zero-order valence-electron chi connectivity index (χ0n) is 10.1. The summed E-state index contributed by atoms with van der Waals surface area (Å²) in [7, 11) is 0. The first-order valence-corrected chi connectivity index (χ1v) is 7.73. The number of nitrogens with zero attached hydrogens (tertiary/aromatic N) is 1. The van der Waals surface area contributed by atoms with Crippen LogP contribution in [0.25, 0.3) is 0 Å². The second kappa shape index (κ2) is 6.54. The van der Waals surface area contributed by atoms with Gasteiger partial charge >= 0.3 is 6.03 Å². The molecule has 4 nitrogen and oxygen atoms in total. The van der Waals surface area contributed by atoms with E-state index < -0.39 is 0 Å². The Morgan fingerprint density at radius 2 is 2.50 bits per heavy atom. The maximum absolute atomic E-state index is 12.0. The Bertz CT molecular complexity index is 411. The number of carbonyl (C=O) groups is 1. The van der Waals surface area contributed by atoms with Crippen LogP contribution in [0.1, 0.15) is 17.7 Å². The summed E-state index contributed by atoms with van der Waals surface area (Å²) in [4.78, 5) is 14.9. The van der Waals surface area contributed by atoms with Crippen LogP contribution in [0.4, 0.5) is 4.79 Å². The average Bonchev–Trinajstić information content (AvgIpc) is 2.82. The first-order valence-electron chi connectivity index (χ1n) is 6.05. The maximum Gasteiger partial charge on any atom is 0.317 e. The number of hydrogen-bond acceptors (Lipinski definition) is 3. The quantitative estimate of drug-likeness (QED) is 0.893. The number of rotatable bonds is 3. The van der Waals surface area contributed by atoms with Crippen LogP contribution < -0.4 is 5.32 Å². The van der Waals surface area contributed by atoms with Crippen molar-refractivity contribution in [3.05, 3.63) is 20.8 Å². The van der Waals surface area contributed by atoms with Crippen molar-refractivity contribution < 1.29 is 9.90 Å². The Hall–Kier alpha value is -0.590. The Morgan fingerprint density at radius 3 is 3.17 bits per heavy atom. The largest absolute Gasteiger partial charge is 0.396 e. The van der Waals surface area contributed by atoms with Crippen LogP contribution in [-0.4, -0.2) is 35.7 Å². The van der Waals surface area contributed by atoms with Crippen molar-refractivity contribution >= 4 is 33.3 Å². The molecule has 2 heterocycles. The maximum atomic E-state index is 12.0. The van der Waals surface area contributed by atoms with Crippen LogP contribution in [-0.2, 0) is 6.54 Å². The van der Waals surface area contributed by atoms with Gasteiger partial charge in [-0.2, -0.15) is 0 Å². The Morgan fingerprint density at radius 1 is 1.67 bits per heavy atom. The van der Waals surface area contributed by atoms with E-state index in [1.807, 2.05) is 11.4 Å². The minimum atomic E-state index is -0.0299. The van der Waals surface area contributed by atoms with Crippen LogP contribution in [0.2, 0.25) is 0 Å². The smallest absolute Gasteiger partial charge is 0.317 e. The molecule has 0 radical (unpaired) electrons. The van der Waals surface area contributed by atoms with Gasteiger partial charge in [-0.3, -0.25) is 0 Å². The van der Waals surface area contributed by atoms with Gasteiger partial charge in [0, 0.05) is 34.4 Å². The molecule has 1 fully saturated rings. The zero-order chi connectivity index (χ0) is 13.0. The highest BCUT2D eigenvalue weighted by atomic mass is 79.9. The van der Waals surface area contributed by atoms with Crippen molar-refractivity contribution in [3.8, 4) is 0 Å². The molecule has 18 heavy (non-hydrogen) atoms. The summed E-state index contributed by atoms with van der Waals surface area (Å²) < 4.78 is 1.05. The molecule has 6 heteroatoms. The summed E-state index contributed by atoms with van der Waals surface area (Å²) in [5.74, 6) is 0.236. The third kappa shape index (κ3) is 3.70. The molecule has 0 bridgehead atoms. The molecule has 1 atom stereocenters. The minimum absolute atomic E-state index is 0.0299. The average molecular weight is 333 g/mol. The summed E-state index contributed by atoms with van der Waals surface area (Å²) in [6, 6.07) is 1.98. The standard InChI is InChI=1S/C12H17BrN2O2S/c13-10-4-11(18-8-10)5-14-12(17)15-3-1-2-9(6-15)7-16/h4,8-9,16H,1-3,5-7H2,(H,14,17). The number of carbonyl (C=O) groups excluding carboxylic acids is 1. The topological polar surface area (TPSA) is 52.6 Å². The van der Waals surface area contributed by atoms with E-state index in [0.717, 1.165) is 28.7 Å². The number of urea groups is 1. The number of piperidine rings is 1. The molecule has 0 aromatic carbocycles. The number of halogens is 1. The predicted octanol–water partition coefficient (Wildman–Crippen LogP) is 2.42. The molecular formula is C12H17BrN2O2S. The van der Waals surface area contributed by atoms with Crippen LogP contribution in [0.5, 0.6) is 0 Å². The first-order chi connectivity index (χ1) is 8.69. The van der Waals surface area contributed by atoms with E-state index in [2.05, 4.69) is 21.2 Å². The lowest BCUT2D eigenvalue weighted by Gasteiger charge is -2.31. The lowest BCUT2D eigenvalue weighted by Crippen LogP contribution is -2.45. The van der Waals surface area contributed by atoms with Crippen LogP contribution in [0.15, 0.2) is 15.9 Å². The van der Waals surface area contributed by atoms with Crippen LogP contribution >= 0.6 is 27.3 Å². The summed E-state index contributed by atoms with van der Waals surface area (Å²) in [5, 5.41) is 14.1. The van der Waals surface area contributed by atoms with Crippen LogP contribution in [0.3, 0.4) is 0 Å². The lowest BCUT2D eigenvalue weighted by atomic mass is 9.99. The Labute approximate surface area is 119 Å². The third-order valence-electron chi connectivity index (χ3n) is 3.10. The fraction of sp³-hybridized carbons (Fsp3) is 0.583. The highest BCUT2D eigenvalue weighted by molar-refractivity contribution is 9.10. The molecule has 2 amide bonds. The molecule has 1 aromatic heterocycles. The minimum Gasteiger partial charge on any atom is -0.396 e. The molecule has 1 unspecified atom stereocenters. The van der Waals surface area contributed by atoms with Gasteiger partial charge in [0.2, 0.25) is 0 Å². The van der Waals surface area contributed by atoms with E-state index in [1.54, 1.807) is 16.2 Å². The molecule has 2 rings (SSSR count). The van der Waals surface area contributed by atoms with Gasteiger partial charge in [-0.15, -0.1) is 11.3 Å². The van der Waals surface area contributed by atoms with Crippen molar-refractivity contribution in [2.75, 3.05) is 19.7 Å². The van der Waals surface area contributed by atoms with Gasteiger partial charge in [0.25, 0.3) is 0 Å². The number of likely N-dealkylation sites (tertiary alicyclic amines) is 1. The van der Waals surface area contributed by atoms with E-state index in [4.69, 9.17) is 5.11 Å². The summed E-state index contributed by atoms with van der Waals surface area (Å²) in [6.07, 6.45) is 1.99. The second-order valence-corrected chi connectivity index (χ2v) is 6.44. The van der Waals surface area contributed by atoms with Gasteiger partial charge in [-0.1, -0.05) is 0 Å². The molecule has 1 aliphatic heterocycles. The number of hydrogen-bond donors (Lipinski definition) is 2. The second-order valence-electron chi connectivity index (χ2n) is 4.53. The van der Waals surface area contributed by atoms with E-state index in [-0.39, 0.29) is 18.6 Å². The normalized spacial score (nSPS) is 19.9.